The van der Waals surface area contributed by atoms with E-state index in [1.54, 1.807) is 12.3 Å². The van der Waals surface area contributed by atoms with Gasteiger partial charge in [0.15, 0.2) is 15.7 Å². The Morgan fingerprint density at radius 2 is 1.93 bits per heavy atom. The van der Waals surface area contributed by atoms with Crippen LogP contribution in [0.25, 0.3) is 11.5 Å². The largest absolute Gasteiger partial charge is 0.378 e. The predicted molar refractivity (Wildman–Crippen MR) is 109 cm³/mol. The van der Waals surface area contributed by atoms with E-state index >= 15 is 0 Å². The van der Waals surface area contributed by atoms with Crippen LogP contribution in [0.15, 0.2) is 48.0 Å². The van der Waals surface area contributed by atoms with Gasteiger partial charge >= 0.3 is 0 Å². The molecule has 0 atom stereocenters. The molecule has 0 aliphatic carbocycles. The Hall–Kier alpha value is -2.36. The van der Waals surface area contributed by atoms with Crippen LogP contribution in [0.3, 0.4) is 0 Å². The number of ether oxygens (including phenoxy) is 1. The molecule has 1 fully saturated rings. The van der Waals surface area contributed by atoms with Crippen molar-refractivity contribution in [2.24, 2.45) is 0 Å². The second kappa shape index (κ2) is 8.34. The summed E-state index contributed by atoms with van der Waals surface area (Å²) in [5.41, 5.74) is 1.10. The minimum absolute atomic E-state index is 0.0144. The maximum Gasteiger partial charge on any atom is 0.180 e. The number of hydrogen-bond donors (Lipinski definition) is 0. The lowest BCUT2D eigenvalue weighted by Gasteiger charge is -2.28. The van der Waals surface area contributed by atoms with Gasteiger partial charge in [-0.25, -0.2) is 18.4 Å². The lowest BCUT2D eigenvalue weighted by Crippen LogP contribution is -2.37. The molecule has 3 aromatic heterocycles. The van der Waals surface area contributed by atoms with Gasteiger partial charge in [0.2, 0.25) is 0 Å². The molecule has 1 saturated heterocycles. The van der Waals surface area contributed by atoms with E-state index in [1.807, 2.05) is 35.7 Å². The third-order valence-electron chi connectivity index (χ3n) is 4.30. The Bertz CT molecular complexity index is 1020. The number of anilines is 1. The zero-order valence-electron chi connectivity index (χ0n) is 15.2. The van der Waals surface area contributed by atoms with Gasteiger partial charge in [0, 0.05) is 30.2 Å². The predicted octanol–water partition coefficient (Wildman–Crippen LogP) is 2.55. The number of hydrogen-bond acceptors (Lipinski definition) is 8. The fourth-order valence-corrected chi connectivity index (χ4v) is 5.54. The molecule has 4 rings (SSSR count). The van der Waals surface area contributed by atoms with Crippen LogP contribution >= 0.6 is 11.3 Å². The second-order valence-corrected chi connectivity index (χ2v) is 9.56. The first-order valence-corrected chi connectivity index (χ1v) is 11.6. The standard InChI is InChI=1S/C19H20N4O3S2/c24-28(25,14-16-4-3-11-27-16)13-15-12-18(23-7-9-26-10-8-23)22-19(21-15)17-5-1-2-6-20-17/h1-6,11-12H,7-10,13-14H2. The van der Waals surface area contributed by atoms with Crippen LogP contribution in [0.5, 0.6) is 0 Å². The van der Waals surface area contributed by atoms with Gasteiger partial charge in [-0.1, -0.05) is 12.1 Å². The van der Waals surface area contributed by atoms with Gasteiger partial charge in [-0.05, 0) is 23.6 Å². The number of nitrogens with zero attached hydrogens (tertiary/aromatic N) is 4. The third-order valence-corrected chi connectivity index (χ3v) is 6.85. The first-order chi connectivity index (χ1) is 13.6. The van der Waals surface area contributed by atoms with E-state index < -0.39 is 9.84 Å². The molecule has 0 N–H and O–H groups in total. The summed E-state index contributed by atoms with van der Waals surface area (Å²) in [7, 11) is -3.35. The lowest BCUT2D eigenvalue weighted by molar-refractivity contribution is 0.122. The zero-order valence-corrected chi connectivity index (χ0v) is 16.8. The molecule has 1 aliphatic heterocycles. The molecule has 0 bridgehead atoms. The number of thiophene rings is 1. The van der Waals surface area contributed by atoms with Gasteiger partial charge in [-0.2, -0.15) is 0 Å². The highest BCUT2D eigenvalue weighted by atomic mass is 32.2. The van der Waals surface area contributed by atoms with Crippen molar-refractivity contribution in [3.63, 3.8) is 0 Å². The summed E-state index contributed by atoms with van der Waals surface area (Å²) >= 11 is 1.44. The first kappa shape index (κ1) is 19.0. The van der Waals surface area contributed by atoms with E-state index in [0.29, 0.717) is 49.3 Å². The smallest absolute Gasteiger partial charge is 0.180 e. The van der Waals surface area contributed by atoms with Crippen molar-refractivity contribution < 1.29 is 13.2 Å². The molecule has 0 saturated carbocycles. The average molecular weight is 417 g/mol. The van der Waals surface area contributed by atoms with Crippen molar-refractivity contribution in [2.45, 2.75) is 11.5 Å². The minimum Gasteiger partial charge on any atom is -0.378 e. The Labute approximate surface area is 168 Å². The number of rotatable bonds is 6. The quantitative estimate of drug-likeness (QED) is 0.610. The summed E-state index contributed by atoms with van der Waals surface area (Å²) in [5, 5.41) is 1.88. The summed E-state index contributed by atoms with van der Waals surface area (Å²) < 4.78 is 30.8. The topological polar surface area (TPSA) is 85.3 Å². The Morgan fingerprint density at radius 3 is 2.64 bits per heavy atom. The summed E-state index contributed by atoms with van der Waals surface area (Å²) in [6.45, 7) is 2.66. The van der Waals surface area contributed by atoms with Gasteiger partial charge in [-0.15, -0.1) is 11.3 Å². The molecule has 9 heteroatoms. The van der Waals surface area contributed by atoms with Crippen molar-refractivity contribution in [3.05, 3.63) is 58.5 Å². The molecule has 0 aromatic carbocycles. The van der Waals surface area contributed by atoms with Crippen molar-refractivity contribution in [1.82, 2.24) is 15.0 Å². The number of morpholine rings is 1. The second-order valence-electron chi connectivity index (χ2n) is 6.47. The maximum absolute atomic E-state index is 12.7. The van der Waals surface area contributed by atoms with E-state index in [0.717, 1.165) is 4.88 Å². The van der Waals surface area contributed by atoms with Crippen LogP contribution in [0.2, 0.25) is 0 Å². The van der Waals surface area contributed by atoms with Crippen molar-refractivity contribution in [1.29, 1.82) is 0 Å². The van der Waals surface area contributed by atoms with Gasteiger partial charge in [-0.3, -0.25) is 4.98 Å². The van der Waals surface area contributed by atoms with Crippen LogP contribution in [-0.2, 0) is 26.1 Å². The SMILES string of the molecule is O=S(=O)(Cc1cc(N2CCOCC2)nc(-c2ccccn2)n1)Cc1cccs1. The fourth-order valence-electron chi connectivity index (χ4n) is 3.01. The molecule has 28 heavy (non-hydrogen) atoms. The van der Waals surface area contributed by atoms with Gasteiger partial charge < -0.3 is 9.64 Å². The van der Waals surface area contributed by atoms with Gasteiger partial charge in [0.25, 0.3) is 0 Å². The van der Waals surface area contributed by atoms with E-state index in [1.165, 1.54) is 11.3 Å². The Kier molecular flexibility index (Phi) is 5.65. The summed E-state index contributed by atoms with van der Waals surface area (Å²) in [6.07, 6.45) is 1.67. The molecule has 0 radical (unpaired) electrons. The van der Waals surface area contributed by atoms with Crippen LogP contribution in [0.1, 0.15) is 10.6 Å². The molecular weight excluding hydrogens is 396 g/mol. The highest BCUT2D eigenvalue weighted by molar-refractivity contribution is 7.89. The normalized spacial score (nSPS) is 14.9. The molecule has 4 heterocycles. The first-order valence-electron chi connectivity index (χ1n) is 8.94. The molecule has 0 unspecified atom stereocenters. The molecule has 7 nitrogen and oxygen atoms in total. The molecule has 0 amide bonds. The molecule has 1 aliphatic rings. The fraction of sp³-hybridized carbons (Fsp3) is 0.316. The lowest BCUT2D eigenvalue weighted by atomic mass is 10.3. The van der Waals surface area contributed by atoms with Gasteiger partial charge in [0.1, 0.15) is 11.5 Å². The summed E-state index contributed by atoms with van der Waals surface area (Å²) in [4.78, 5) is 16.4. The third kappa shape index (κ3) is 4.73. The van der Waals surface area contributed by atoms with Crippen molar-refractivity contribution in [2.75, 3.05) is 31.2 Å². The van der Waals surface area contributed by atoms with Crippen molar-refractivity contribution in [3.8, 4) is 11.5 Å². The molecule has 3 aromatic rings. The highest BCUT2D eigenvalue weighted by Crippen LogP contribution is 2.22. The van der Waals surface area contributed by atoms with Crippen LogP contribution < -0.4 is 4.90 Å². The minimum atomic E-state index is -3.35. The zero-order chi connectivity index (χ0) is 19.4. The van der Waals surface area contributed by atoms with Gasteiger partial charge in [0.05, 0.1) is 30.4 Å². The molecule has 146 valence electrons. The summed E-state index contributed by atoms with van der Waals surface area (Å²) in [5.74, 6) is 1.02. The van der Waals surface area contributed by atoms with E-state index in [-0.39, 0.29) is 11.5 Å². The van der Waals surface area contributed by atoms with E-state index in [9.17, 15) is 8.42 Å². The Balaban J connectivity index is 1.67. The number of sulfone groups is 1. The van der Waals surface area contributed by atoms with E-state index in [4.69, 9.17) is 4.74 Å². The monoisotopic (exact) mass is 416 g/mol. The van der Waals surface area contributed by atoms with Crippen molar-refractivity contribution >= 4 is 27.0 Å². The van der Waals surface area contributed by atoms with Crippen LogP contribution in [0.4, 0.5) is 5.82 Å². The molecule has 0 spiro atoms. The number of pyridine rings is 1. The summed E-state index contributed by atoms with van der Waals surface area (Å²) in [6, 6.07) is 11.0. The van der Waals surface area contributed by atoms with Crippen LogP contribution in [-0.4, -0.2) is 49.7 Å². The number of aromatic nitrogens is 3. The van der Waals surface area contributed by atoms with Crippen LogP contribution in [0, 0.1) is 0 Å². The highest BCUT2D eigenvalue weighted by Gasteiger charge is 2.20. The Morgan fingerprint density at radius 1 is 1.07 bits per heavy atom. The van der Waals surface area contributed by atoms with E-state index in [2.05, 4.69) is 19.9 Å². The average Bonchev–Trinajstić information content (AvgIpc) is 3.21. The molecular formula is C19H20N4O3S2. The maximum atomic E-state index is 12.7.